The highest BCUT2D eigenvalue weighted by Crippen LogP contribution is 2.26. The average Bonchev–Trinajstić information content (AvgIpc) is 2.33. The molecule has 0 spiro atoms. The molecular formula is C14H13FO. The van der Waals surface area contributed by atoms with Gasteiger partial charge in [-0.15, -0.1) is 0 Å². The van der Waals surface area contributed by atoms with E-state index in [4.69, 9.17) is 5.11 Å². The van der Waals surface area contributed by atoms with Crippen molar-refractivity contribution >= 4 is 0 Å². The van der Waals surface area contributed by atoms with Gasteiger partial charge in [0, 0.05) is 11.1 Å². The van der Waals surface area contributed by atoms with Crippen molar-refractivity contribution < 1.29 is 9.50 Å². The summed E-state index contributed by atoms with van der Waals surface area (Å²) >= 11 is 0. The van der Waals surface area contributed by atoms with E-state index in [0.717, 1.165) is 11.1 Å². The zero-order chi connectivity index (χ0) is 11.5. The molecule has 1 N–H and O–H groups in total. The number of aliphatic hydroxyl groups is 1. The summed E-state index contributed by atoms with van der Waals surface area (Å²) < 4.78 is 14.0. The van der Waals surface area contributed by atoms with Crippen LogP contribution in [0.2, 0.25) is 0 Å². The molecule has 0 fully saturated rings. The molecule has 0 aliphatic rings. The molecule has 16 heavy (non-hydrogen) atoms. The van der Waals surface area contributed by atoms with Crippen LogP contribution < -0.4 is 0 Å². The Labute approximate surface area is 94.2 Å². The Balaban J connectivity index is 2.61. The monoisotopic (exact) mass is 216 g/mol. The Kier molecular flexibility index (Phi) is 3.02. The first kappa shape index (κ1) is 10.8. The SMILES string of the molecule is Cc1cc(CO)c(F)c(-c2ccccc2)c1. The second-order valence-electron chi connectivity index (χ2n) is 3.81. The Morgan fingerprint density at radius 2 is 1.81 bits per heavy atom. The van der Waals surface area contributed by atoms with Crippen LogP contribution >= 0.6 is 0 Å². The summed E-state index contributed by atoms with van der Waals surface area (Å²) in [7, 11) is 0. The Bertz CT molecular complexity index is 492. The summed E-state index contributed by atoms with van der Waals surface area (Å²) in [4.78, 5) is 0. The molecule has 0 amide bonds. The van der Waals surface area contributed by atoms with Crippen LogP contribution in [0.25, 0.3) is 11.1 Å². The van der Waals surface area contributed by atoms with Crippen LogP contribution in [-0.4, -0.2) is 5.11 Å². The Morgan fingerprint density at radius 1 is 1.12 bits per heavy atom. The zero-order valence-electron chi connectivity index (χ0n) is 9.07. The summed E-state index contributed by atoms with van der Waals surface area (Å²) in [5, 5.41) is 9.07. The molecule has 0 atom stereocenters. The van der Waals surface area contributed by atoms with Gasteiger partial charge < -0.3 is 5.11 Å². The fourth-order valence-electron chi connectivity index (χ4n) is 1.79. The summed E-state index contributed by atoms with van der Waals surface area (Å²) in [6.07, 6.45) is 0. The highest BCUT2D eigenvalue weighted by atomic mass is 19.1. The minimum absolute atomic E-state index is 0.270. The average molecular weight is 216 g/mol. The van der Waals surface area contributed by atoms with Crippen molar-refractivity contribution in [1.82, 2.24) is 0 Å². The molecular weight excluding hydrogens is 203 g/mol. The van der Waals surface area contributed by atoms with Crippen LogP contribution in [-0.2, 0) is 6.61 Å². The van der Waals surface area contributed by atoms with Crippen molar-refractivity contribution in [1.29, 1.82) is 0 Å². The lowest BCUT2D eigenvalue weighted by atomic mass is 9.99. The fourth-order valence-corrected chi connectivity index (χ4v) is 1.79. The second-order valence-corrected chi connectivity index (χ2v) is 3.81. The van der Waals surface area contributed by atoms with Crippen molar-refractivity contribution in [3.05, 3.63) is 59.4 Å². The first-order chi connectivity index (χ1) is 7.72. The third-order valence-electron chi connectivity index (χ3n) is 2.55. The first-order valence-corrected chi connectivity index (χ1v) is 5.17. The van der Waals surface area contributed by atoms with Gasteiger partial charge in [0.15, 0.2) is 0 Å². The lowest BCUT2D eigenvalue weighted by molar-refractivity contribution is 0.276. The van der Waals surface area contributed by atoms with Crippen LogP contribution in [0.4, 0.5) is 4.39 Å². The summed E-state index contributed by atoms with van der Waals surface area (Å²) in [6, 6.07) is 12.8. The third-order valence-corrected chi connectivity index (χ3v) is 2.55. The molecule has 0 aliphatic carbocycles. The van der Waals surface area contributed by atoms with Crippen molar-refractivity contribution in [3.8, 4) is 11.1 Å². The molecule has 2 rings (SSSR count). The highest BCUT2D eigenvalue weighted by Gasteiger charge is 2.10. The van der Waals surface area contributed by atoms with Crippen LogP contribution in [0.1, 0.15) is 11.1 Å². The number of aliphatic hydroxyl groups excluding tert-OH is 1. The van der Waals surface area contributed by atoms with Crippen molar-refractivity contribution in [2.45, 2.75) is 13.5 Å². The maximum atomic E-state index is 14.0. The van der Waals surface area contributed by atoms with E-state index < -0.39 is 0 Å². The van der Waals surface area contributed by atoms with Crippen molar-refractivity contribution in [2.75, 3.05) is 0 Å². The van der Waals surface area contributed by atoms with E-state index in [1.807, 2.05) is 37.3 Å². The normalized spacial score (nSPS) is 10.4. The van der Waals surface area contributed by atoms with E-state index in [0.29, 0.717) is 11.1 Å². The lowest BCUT2D eigenvalue weighted by Gasteiger charge is -2.08. The first-order valence-electron chi connectivity index (χ1n) is 5.17. The minimum Gasteiger partial charge on any atom is -0.392 e. The quantitative estimate of drug-likeness (QED) is 0.816. The van der Waals surface area contributed by atoms with Crippen molar-refractivity contribution in [3.63, 3.8) is 0 Å². The van der Waals surface area contributed by atoms with Gasteiger partial charge in [-0.2, -0.15) is 0 Å². The van der Waals surface area contributed by atoms with Crippen LogP contribution in [0.3, 0.4) is 0 Å². The summed E-state index contributed by atoms with van der Waals surface area (Å²) in [6.45, 7) is 1.62. The largest absolute Gasteiger partial charge is 0.392 e. The van der Waals surface area contributed by atoms with Gasteiger partial charge in [-0.05, 0) is 24.1 Å². The zero-order valence-corrected chi connectivity index (χ0v) is 9.07. The fraction of sp³-hybridized carbons (Fsp3) is 0.143. The lowest BCUT2D eigenvalue weighted by Crippen LogP contribution is -1.95. The standard InChI is InChI=1S/C14H13FO/c1-10-7-12(9-16)14(15)13(8-10)11-5-3-2-4-6-11/h2-8,16H,9H2,1H3. The van der Waals surface area contributed by atoms with Gasteiger partial charge in [-0.3, -0.25) is 0 Å². The molecule has 0 saturated carbocycles. The molecule has 0 aliphatic heterocycles. The number of hydrogen-bond donors (Lipinski definition) is 1. The molecule has 2 aromatic carbocycles. The number of benzene rings is 2. The van der Waals surface area contributed by atoms with Crippen LogP contribution in [0, 0.1) is 12.7 Å². The van der Waals surface area contributed by atoms with E-state index in [9.17, 15) is 4.39 Å². The molecule has 1 nitrogen and oxygen atoms in total. The summed E-state index contributed by atoms with van der Waals surface area (Å²) in [5.74, 6) is -0.334. The van der Waals surface area contributed by atoms with Gasteiger partial charge in [-0.25, -0.2) is 4.39 Å². The molecule has 2 aromatic rings. The maximum absolute atomic E-state index is 14.0. The molecule has 82 valence electrons. The molecule has 0 heterocycles. The molecule has 2 heteroatoms. The highest BCUT2D eigenvalue weighted by molar-refractivity contribution is 5.65. The van der Waals surface area contributed by atoms with Gasteiger partial charge in [-0.1, -0.05) is 36.4 Å². The molecule has 0 radical (unpaired) electrons. The second kappa shape index (κ2) is 4.45. The van der Waals surface area contributed by atoms with E-state index in [1.54, 1.807) is 12.1 Å². The van der Waals surface area contributed by atoms with Gasteiger partial charge in [0.25, 0.3) is 0 Å². The predicted molar refractivity (Wildman–Crippen MR) is 62.5 cm³/mol. The Morgan fingerprint density at radius 3 is 2.44 bits per heavy atom. The number of hydrogen-bond acceptors (Lipinski definition) is 1. The molecule has 0 aromatic heterocycles. The van der Waals surface area contributed by atoms with Gasteiger partial charge in [0.05, 0.1) is 6.61 Å². The maximum Gasteiger partial charge on any atom is 0.136 e. The smallest absolute Gasteiger partial charge is 0.136 e. The van der Waals surface area contributed by atoms with Crippen LogP contribution in [0.15, 0.2) is 42.5 Å². The van der Waals surface area contributed by atoms with E-state index in [-0.39, 0.29) is 12.4 Å². The van der Waals surface area contributed by atoms with Gasteiger partial charge in [0.1, 0.15) is 5.82 Å². The van der Waals surface area contributed by atoms with Crippen molar-refractivity contribution in [2.24, 2.45) is 0 Å². The van der Waals surface area contributed by atoms with Gasteiger partial charge >= 0.3 is 0 Å². The van der Waals surface area contributed by atoms with Crippen LogP contribution in [0.5, 0.6) is 0 Å². The Hall–Kier alpha value is -1.67. The molecule has 0 unspecified atom stereocenters. The van der Waals surface area contributed by atoms with E-state index in [1.165, 1.54) is 0 Å². The number of aryl methyl sites for hydroxylation is 1. The molecule has 0 bridgehead atoms. The number of halogens is 1. The topological polar surface area (TPSA) is 20.2 Å². The van der Waals surface area contributed by atoms with E-state index in [2.05, 4.69) is 0 Å². The molecule has 0 saturated heterocycles. The third kappa shape index (κ3) is 1.97. The van der Waals surface area contributed by atoms with E-state index >= 15 is 0 Å². The number of rotatable bonds is 2. The summed E-state index contributed by atoms with van der Waals surface area (Å²) in [5.41, 5.74) is 2.67. The predicted octanol–water partition coefficient (Wildman–Crippen LogP) is 3.29. The van der Waals surface area contributed by atoms with Gasteiger partial charge in [0.2, 0.25) is 0 Å². The minimum atomic E-state index is -0.334.